The quantitative estimate of drug-likeness (QED) is 0.443. The van der Waals surface area contributed by atoms with Crippen LogP contribution in [0.1, 0.15) is 35.2 Å². The first kappa shape index (κ1) is 19.7. The number of nitrogens with zero attached hydrogens (tertiary/aromatic N) is 5. The largest absolute Gasteiger partial charge is 0.346 e. The van der Waals surface area contributed by atoms with Crippen LogP contribution in [0.25, 0.3) is 11.4 Å². The lowest BCUT2D eigenvalue weighted by atomic mass is 9.98. The van der Waals surface area contributed by atoms with Crippen molar-refractivity contribution < 1.29 is 13.3 Å². The summed E-state index contributed by atoms with van der Waals surface area (Å²) in [6, 6.07) is 12.6. The fraction of sp³-hybridized carbons (Fsp3) is 0.273. The summed E-state index contributed by atoms with van der Waals surface area (Å²) in [5, 5.41) is 14.4. The fourth-order valence-corrected chi connectivity index (χ4v) is 4.63. The lowest BCUT2D eigenvalue weighted by Crippen LogP contribution is -2.34. The summed E-state index contributed by atoms with van der Waals surface area (Å²) < 4.78 is 32.1. The molecular weight excluding hydrogens is 420 g/mol. The van der Waals surface area contributed by atoms with Gasteiger partial charge >= 0.3 is 0 Å². The van der Waals surface area contributed by atoms with Gasteiger partial charge in [-0.15, -0.1) is 10.2 Å². The topological polar surface area (TPSA) is 67.9 Å². The van der Waals surface area contributed by atoms with Gasteiger partial charge in [-0.2, -0.15) is 4.98 Å². The Balaban J connectivity index is 1.28. The van der Waals surface area contributed by atoms with E-state index in [2.05, 4.69) is 25.2 Å². The third kappa shape index (κ3) is 4.46. The van der Waals surface area contributed by atoms with Gasteiger partial charge in [0.2, 0.25) is 16.8 Å². The lowest BCUT2D eigenvalue weighted by molar-refractivity contribution is 0.333. The molecule has 0 N–H and O–H groups in total. The van der Waals surface area contributed by atoms with E-state index in [1.807, 2.05) is 0 Å². The molecule has 158 valence electrons. The van der Waals surface area contributed by atoms with E-state index in [0.717, 1.165) is 35.1 Å². The molecule has 0 spiro atoms. The smallest absolute Gasteiger partial charge is 0.231 e. The molecule has 0 aliphatic carbocycles. The van der Waals surface area contributed by atoms with E-state index in [0.29, 0.717) is 30.2 Å². The highest BCUT2D eigenvalue weighted by Gasteiger charge is 2.28. The predicted octanol–water partition coefficient (Wildman–Crippen LogP) is 4.84. The van der Waals surface area contributed by atoms with Gasteiger partial charge in [0.15, 0.2) is 0 Å². The first-order valence-corrected chi connectivity index (χ1v) is 10.9. The number of hydrogen-bond acceptors (Lipinski definition) is 7. The molecule has 0 bridgehead atoms. The zero-order valence-electron chi connectivity index (χ0n) is 16.5. The number of hydrogen-bond donors (Lipinski definition) is 0. The van der Waals surface area contributed by atoms with Gasteiger partial charge in [-0.05, 0) is 42.7 Å². The van der Waals surface area contributed by atoms with Gasteiger partial charge < -0.3 is 9.42 Å². The summed E-state index contributed by atoms with van der Waals surface area (Å²) >= 11 is 1.54. The van der Waals surface area contributed by atoms with E-state index < -0.39 is 0 Å². The molecule has 6 nitrogen and oxygen atoms in total. The Bertz CT molecular complexity index is 1180. The molecule has 3 heterocycles. The number of halogens is 2. The van der Waals surface area contributed by atoms with Crippen LogP contribution in [0.4, 0.5) is 13.9 Å². The van der Waals surface area contributed by atoms with Crippen molar-refractivity contribution in [3.8, 4) is 11.4 Å². The van der Waals surface area contributed by atoms with Crippen LogP contribution < -0.4 is 4.90 Å². The Labute approximate surface area is 181 Å². The van der Waals surface area contributed by atoms with E-state index in [4.69, 9.17) is 4.52 Å². The van der Waals surface area contributed by atoms with Crippen molar-refractivity contribution in [3.05, 3.63) is 76.6 Å². The Hall–Kier alpha value is -3.20. The van der Waals surface area contributed by atoms with Crippen LogP contribution in [-0.4, -0.2) is 33.4 Å². The minimum atomic E-state index is -0.333. The van der Waals surface area contributed by atoms with E-state index in [1.165, 1.54) is 24.3 Å². The summed E-state index contributed by atoms with van der Waals surface area (Å²) in [4.78, 5) is 6.69. The van der Waals surface area contributed by atoms with Crippen molar-refractivity contribution in [1.82, 2.24) is 20.3 Å². The third-order valence-corrected chi connectivity index (χ3v) is 6.27. The zero-order valence-corrected chi connectivity index (χ0v) is 17.4. The van der Waals surface area contributed by atoms with Gasteiger partial charge in [-0.3, -0.25) is 0 Å². The second-order valence-corrected chi connectivity index (χ2v) is 8.57. The average Bonchev–Trinajstić information content (AvgIpc) is 3.46. The SMILES string of the molecule is Fc1ccc(Cc2nnc(N3CCCC(c4nc(-c5cccc(F)c5)no4)C3)s2)cc1. The molecule has 1 unspecified atom stereocenters. The summed E-state index contributed by atoms with van der Waals surface area (Å²) in [5.41, 5.74) is 1.59. The third-order valence-electron chi connectivity index (χ3n) is 5.29. The molecule has 1 aliphatic rings. The van der Waals surface area contributed by atoms with Crippen molar-refractivity contribution in [2.24, 2.45) is 0 Å². The molecule has 1 atom stereocenters. The number of benzene rings is 2. The molecule has 4 aromatic rings. The monoisotopic (exact) mass is 439 g/mol. The van der Waals surface area contributed by atoms with E-state index in [1.54, 1.807) is 35.6 Å². The lowest BCUT2D eigenvalue weighted by Gasteiger charge is -2.30. The Morgan fingerprint density at radius 2 is 1.94 bits per heavy atom. The molecule has 5 rings (SSSR count). The van der Waals surface area contributed by atoms with Gasteiger partial charge in [0.1, 0.15) is 16.6 Å². The molecule has 2 aromatic carbocycles. The predicted molar refractivity (Wildman–Crippen MR) is 113 cm³/mol. The normalized spacial score (nSPS) is 16.6. The van der Waals surface area contributed by atoms with Crippen LogP contribution in [0.15, 0.2) is 53.1 Å². The second kappa shape index (κ2) is 8.50. The zero-order chi connectivity index (χ0) is 21.2. The van der Waals surface area contributed by atoms with Crippen LogP contribution in [0, 0.1) is 11.6 Å². The summed E-state index contributed by atoms with van der Waals surface area (Å²) in [7, 11) is 0. The molecule has 9 heteroatoms. The Morgan fingerprint density at radius 1 is 1.06 bits per heavy atom. The second-order valence-electron chi connectivity index (χ2n) is 7.53. The highest BCUT2D eigenvalue weighted by molar-refractivity contribution is 7.15. The van der Waals surface area contributed by atoms with E-state index in [-0.39, 0.29) is 17.6 Å². The fourth-order valence-electron chi connectivity index (χ4n) is 3.72. The van der Waals surface area contributed by atoms with Crippen LogP contribution in [-0.2, 0) is 6.42 Å². The molecule has 1 fully saturated rings. The van der Waals surface area contributed by atoms with Gasteiger partial charge in [0.25, 0.3) is 0 Å². The van der Waals surface area contributed by atoms with Crippen molar-refractivity contribution in [2.45, 2.75) is 25.2 Å². The number of aromatic nitrogens is 4. The maximum Gasteiger partial charge on any atom is 0.231 e. The van der Waals surface area contributed by atoms with E-state index in [9.17, 15) is 8.78 Å². The standard InChI is InChI=1S/C22H19F2N5OS/c23-17-8-6-14(7-9-17)11-19-26-27-22(31-19)29-10-2-4-16(13-29)21-25-20(28-30-21)15-3-1-5-18(24)12-15/h1,3,5-9,12,16H,2,4,10-11,13H2. The first-order valence-electron chi connectivity index (χ1n) is 10.1. The molecule has 0 radical (unpaired) electrons. The van der Waals surface area contributed by atoms with Crippen molar-refractivity contribution in [3.63, 3.8) is 0 Å². The molecular formula is C22H19F2N5OS. The highest BCUT2D eigenvalue weighted by Crippen LogP contribution is 2.32. The molecule has 1 saturated heterocycles. The summed E-state index contributed by atoms with van der Waals surface area (Å²) in [6.07, 6.45) is 2.52. The highest BCUT2D eigenvalue weighted by atomic mass is 32.1. The molecule has 0 amide bonds. The Morgan fingerprint density at radius 3 is 2.77 bits per heavy atom. The maximum atomic E-state index is 13.5. The van der Waals surface area contributed by atoms with Gasteiger partial charge in [-0.1, -0.05) is 40.8 Å². The van der Waals surface area contributed by atoms with Gasteiger partial charge in [0, 0.05) is 25.1 Å². The molecule has 0 saturated carbocycles. The van der Waals surface area contributed by atoms with Crippen LogP contribution in [0.5, 0.6) is 0 Å². The molecule has 2 aromatic heterocycles. The number of anilines is 1. The number of piperidine rings is 1. The van der Waals surface area contributed by atoms with E-state index >= 15 is 0 Å². The van der Waals surface area contributed by atoms with Crippen LogP contribution in [0.3, 0.4) is 0 Å². The van der Waals surface area contributed by atoms with Crippen molar-refractivity contribution in [1.29, 1.82) is 0 Å². The number of rotatable bonds is 5. The molecule has 1 aliphatic heterocycles. The first-order chi connectivity index (χ1) is 15.1. The van der Waals surface area contributed by atoms with Crippen LogP contribution >= 0.6 is 11.3 Å². The maximum absolute atomic E-state index is 13.5. The van der Waals surface area contributed by atoms with Gasteiger partial charge in [-0.25, -0.2) is 8.78 Å². The summed E-state index contributed by atoms with van der Waals surface area (Å²) in [6.45, 7) is 1.59. The minimum absolute atomic E-state index is 0.0769. The van der Waals surface area contributed by atoms with Crippen molar-refractivity contribution >= 4 is 16.5 Å². The summed E-state index contributed by atoms with van der Waals surface area (Å²) in [5.74, 6) is 0.445. The van der Waals surface area contributed by atoms with Crippen LogP contribution in [0.2, 0.25) is 0 Å². The average molecular weight is 439 g/mol. The minimum Gasteiger partial charge on any atom is -0.346 e. The Kier molecular flexibility index (Phi) is 5.42. The van der Waals surface area contributed by atoms with Crippen molar-refractivity contribution in [2.75, 3.05) is 18.0 Å². The molecule has 31 heavy (non-hydrogen) atoms. The van der Waals surface area contributed by atoms with Gasteiger partial charge in [0.05, 0.1) is 5.92 Å².